The Balaban J connectivity index is 1.87. The van der Waals surface area contributed by atoms with E-state index in [2.05, 4.69) is 12.2 Å². The van der Waals surface area contributed by atoms with Crippen molar-refractivity contribution in [3.8, 4) is 0 Å². The number of rotatable bonds is 6. The highest BCUT2D eigenvalue weighted by atomic mass is 16.5. The van der Waals surface area contributed by atoms with Crippen molar-refractivity contribution in [3.05, 3.63) is 0 Å². The van der Waals surface area contributed by atoms with Crippen LogP contribution in [0.25, 0.3) is 0 Å². The maximum atomic E-state index is 12.4. The lowest BCUT2D eigenvalue weighted by Crippen LogP contribution is -2.51. The van der Waals surface area contributed by atoms with E-state index in [4.69, 9.17) is 9.84 Å². The molecule has 3 unspecified atom stereocenters. The highest BCUT2D eigenvalue weighted by Crippen LogP contribution is 2.34. The molecule has 0 spiro atoms. The number of urea groups is 1. The molecule has 0 radical (unpaired) electrons. The summed E-state index contributed by atoms with van der Waals surface area (Å²) < 4.78 is 5.74. The van der Waals surface area contributed by atoms with E-state index < -0.39 is 0 Å². The van der Waals surface area contributed by atoms with Crippen molar-refractivity contribution < 1.29 is 14.6 Å². The number of nitrogens with one attached hydrogen (secondary N) is 1. The third kappa shape index (κ3) is 3.85. The average Bonchev–Trinajstić information content (AvgIpc) is 2.93. The van der Waals surface area contributed by atoms with E-state index in [1.54, 1.807) is 4.90 Å². The van der Waals surface area contributed by atoms with Crippen LogP contribution in [-0.2, 0) is 4.74 Å². The Morgan fingerprint density at radius 1 is 1.35 bits per heavy atom. The first-order valence-corrected chi connectivity index (χ1v) is 8.04. The van der Waals surface area contributed by atoms with Crippen LogP contribution in [0.15, 0.2) is 0 Å². The number of unbranched alkanes of at least 4 members (excludes halogenated alkanes) is 1. The van der Waals surface area contributed by atoms with Gasteiger partial charge in [-0.3, -0.25) is 0 Å². The summed E-state index contributed by atoms with van der Waals surface area (Å²) in [6, 6.07) is 0.219. The fraction of sp³-hybridized carbons (Fsp3) is 0.933. The number of hydrogen-bond donors (Lipinski definition) is 2. The van der Waals surface area contributed by atoms with E-state index in [1.807, 2.05) is 0 Å². The lowest BCUT2D eigenvalue weighted by atomic mass is 9.82. The van der Waals surface area contributed by atoms with Gasteiger partial charge in [-0.1, -0.05) is 13.3 Å². The number of carbonyl (C=O) groups is 1. The van der Waals surface area contributed by atoms with Gasteiger partial charge in [0.05, 0.1) is 12.7 Å². The molecule has 1 aliphatic heterocycles. The molecule has 1 aliphatic carbocycles. The summed E-state index contributed by atoms with van der Waals surface area (Å²) in [5.41, 5.74) is 0. The molecule has 5 nitrogen and oxygen atoms in total. The van der Waals surface area contributed by atoms with Crippen LogP contribution in [-0.4, -0.2) is 54.5 Å². The zero-order valence-corrected chi connectivity index (χ0v) is 12.5. The molecule has 0 aromatic heterocycles. The average molecular weight is 284 g/mol. The van der Waals surface area contributed by atoms with Gasteiger partial charge in [0.25, 0.3) is 0 Å². The second-order valence-electron chi connectivity index (χ2n) is 5.91. The monoisotopic (exact) mass is 284 g/mol. The highest BCUT2D eigenvalue weighted by Gasteiger charge is 2.38. The quantitative estimate of drug-likeness (QED) is 0.781. The van der Waals surface area contributed by atoms with Crippen molar-refractivity contribution in [2.75, 3.05) is 26.3 Å². The Bertz CT molecular complexity index is 311. The molecular weight excluding hydrogens is 256 g/mol. The fourth-order valence-electron chi connectivity index (χ4n) is 3.39. The van der Waals surface area contributed by atoms with E-state index in [0.29, 0.717) is 18.6 Å². The maximum Gasteiger partial charge on any atom is 0.317 e. The maximum absolute atomic E-state index is 12.4. The Labute approximate surface area is 121 Å². The minimum absolute atomic E-state index is 0.0231. The van der Waals surface area contributed by atoms with Gasteiger partial charge in [0, 0.05) is 31.7 Å². The summed E-state index contributed by atoms with van der Waals surface area (Å²) >= 11 is 0. The number of aliphatic hydroxyl groups is 1. The van der Waals surface area contributed by atoms with Gasteiger partial charge in [-0.15, -0.1) is 0 Å². The van der Waals surface area contributed by atoms with E-state index in [9.17, 15) is 4.79 Å². The third-order valence-electron chi connectivity index (χ3n) is 4.53. The summed E-state index contributed by atoms with van der Waals surface area (Å²) in [7, 11) is 0. The van der Waals surface area contributed by atoms with Gasteiger partial charge in [0.1, 0.15) is 0 Å². The van der Waals surface area contributed by atoms with Crippen molar-refractivity contribution in [1.82, 2.24) is 10.2 Å². The fourth-order valence-corrected chi connectivity index (χ4v) is 3.39. The first-order valence-electron chi connectivity index (χ1n) is 8.04. The topological polar surface area (TPSA) is 61.8 Å². The molecule has 2 fully saturated rings. The lowest BCUT2D eigenvalue weighted by Gasteiger charge is -2.35. The van der Waals surface area contributed by atoms with Gasteiger partial charge in [0.2, 0.25) is 0 Å². The van der Waals surface area contributed by atoms with Crippen LogP contribution in [0.4, 0.5) is 4.79 Å². The smallest absolute Gasteiger partial charge is 0.317 e. The Kier molecular flexibility index (Phi) is 6.10. The van der Waals surface area contributed by atoms with Gasteiger partial charge in [0.15, 0.2) is 0 Å². The molecule has 0 aromatic carbocycles. The van der Waals surface area contributed by atoms with Crippen molar-refractivity contribution in [3.63, 3.8) is 0 Å². The number of amides is 2. The molecule has 20 heavy (non-hydrogen) atoms. The number of ether oxygens (including phenoxy) is 1. The van der Waals surface area contributed by atoms with Crippen LogP contribution in [0.1, 0.15) is 45.4 Å². The van der Waals surface area contributed by atoms with Gasteiger partial charge in [-0.05, 0) is 32.1 Å². The minimum Gasteiger partial charge on any atom is -0.395 e. The molecule has 2 rings (SSSR count). The Morgan fingerprint density at radius 3 is 2.95 bits per heavy atom. The van der Waals surface area contributed by atoms with Gasteiger partial charge < -0.3 is 20.1 Å². The first kappa shape index (κ1) is 15.6. The van der Waals surface area contributed by atoms with Crippen LogP contribution in [0.5, 0.6) is 0 Å². The highest BCUT2D eigenvalue weighted by molar-refractivity contribution is 5.74. The molecule has 0 aromatic rings. The summed E-state index contributed by atoms with van der Waals surface area (Å²) in [4.78, 5) is 14.1. The summed E-state index contributed by atoms with van der Waals surface area (Å²) in [5, 5.41) is 12.3. The van der Waals surface area contributed by atoms with Gasteiger partial charge >= 0.3 is 6.03 Å². The van der Waals surface area contributed by atoms with Crippen LogP contribution < -0.4 is 5.32 Å². The zero-order valence-electron chi connectivity index (χ0n) is 12.5. The molecule has 2 amide bonds. The molecule has 1 saturated carbocycles. The predicted octanol–water partition coefficient (Wildman–Crippen LogP) is 1.75. The normalized spacial score (nSPS) is 29.0. The molecule has 1 heterocycles. The second-order valence-corrected chi connectivity index (χ2v) is 5.91. The molecular formula is C15H28N2O3. The molecule has 116 valence electrons. The van der Waals surface area contributed by atoms with E-state index >= 15 is 0 Å². The largest absolute Gasteiger partial charge is 0.395 e. The van der Waals surface area contributed by atoms with Crippen LogP contribution in [0.3, 0.4) is 0 Å². The lowest BCUT2D eigenvalue weighted by molar-refractivity contribution is 0.0535. The molecule has 3 atom stereocenters. The first-order chi connectivity index (χ1) is 9.76. The van der Waals surface area contributed by atoms with Gasteiger partial charge in [-0.25, -0.2) is 4.79 Å². The molecule has 2 aliphatic rings. The molecule has 1 saturated heterocycles. The predicted molar refractivity (Wildman–Crippen MR) is 77.6 cm³/mol. The minimum atomic E-state index is -0.0231. The van der Waals surface area contributed by atoms with Gasteiger partial charge in [-0.2, -0.15) is 0 Å². The second kappa shape index (κ2) is 7.84. The van der Waals surface area contributed by atoms with Crippen LogP contribution in [0, 0.1) is 5.92 Å². The SMILES string of the molecule is CCCCN(CCO)C(=O)NC1CCCC2OCCC12. The van der Waals surface area contributed by atoms with Crippen molar-refractivity contribution in [2.45, 2.75) is 57.6 Å². The van der Waals surface area contributed by atoms with Crippen molar-refractivity contribution in [1.29, 1.82) is 0 Å². The summed E-state index contributed by atoms with van der Waals surface area (Å²) in [5.74, 6) is 0.481. The Morgan fingerprint density at radius 2 is 2.20 bits per heavy atom. The third-order valence-corrected chi connectivity index (χ3v) is 4.53. The summed E-state index contributed by atoms with van der Waals surface area (Å²) in [6.07, 6.45) is 6.75. The van der Waals surface area contributed by atoms with Crippen LogP contribution >= 0.6 is 0 Å². The van der Waals surface area contributed by atoms with Crippen molar-refractivity contribution >= 4 is 6.03 Å². The molecule has 5 heteroatoms. The molecule has 0 bridgehead atoms. The number of fused-ring (bicyclic) bond motifs is 1. The molecule has 2 N–H and O–H groups in total. The van der Waals surface area contributed by atoms with E-state index in [0.717, 1.165) is 51.7 Å². The number of nitrogens with zero attached hydrogens (tertiary/aromatic N) is 1. The van der Waals surface area contributed by atoms with E-state index in [1.165, 1.54) is 0 Å². The number of hydrogen-bond acceptors (Lipinski definition) is 3. The number of carbonyl (C=O) groups excluding carboxylic acids is 1. The van der Waals surface area contributed by atoms with Crippen LogP contribution in [0.2, 0.25) is 0 Å². The Hall–Kier alpha value is -0.810. The summed E-state index contributed by atoms with van der Waals surface area (Å²) in [6.45, 7) is 4.11. The number of aliphatic hydroxyl groups excluding tert-OH is 1. The van der Waals surface area contributed by atoms with Crippen molar-refractivity contribution in [2.24, 2.45) is 5.92 Å². The zero-order chi connectivity index (χ0) is 14.4. The van der Waals surface area contributed by atoms with E-state index in [-0.39, 0.29) is 18.7 Å². The standard InChI is InChI=1S/C15H28N2O3/c1-2-3-8-17(9-10-18)15(19)16-13-5-4-6-14-12(13)7-11-20-14/h12-14,18H,2-11H2,1H3,(H,16,19).